The molecular formula is C22H33N3O5S. The molecule has 0 atom stereocenters. The Hall–Kier alpha value is -2.13. The number of hydrogen-bond donors (Lipinski definition) is 2. The van der Waals surface area contributed by atoms with Crippen LogP contribution in [0.1, 0.15) is 56.8 Å². The van der Waals surface area contributed by atoms with Gasteiger partial charge in [-0.05, 0) is 70.6 Å². The Morgan fingerprint density at radius 3 is 2.42 bits per heavy atom. The topological polar surface area (TPSA) is 105 Å². The molecule has 0 aromatic heterocycles. The van der Waals surface area contributed by atoms with E-state index in [0.717, 1.165) is 12.8 Å². The van der Waals surface area contributed by atoms with E-state index in [4.69, 9.17) is 4.74 Å². The van der Waals surface area contributed by atoms with Crippen molar-refractivity contribution in [3.05, 3.63) is 29.8 Å². The Morgan fingerprint density at radius 1 is 1.13 bits per heavy atom. The zero-order chi connectivity index (χ0) is 22.6. The predicted molar refractivity (Wildman–Crippen MR) is 118 cm³/mol. The average Bonchev–Trinajstić information content (AvgIpc) is 3.56. The fourth-order valence-electron chi connectivity index (χ4n) is 3.55. The lowest BCUT2D eigenvalue weighted by Crippen LogP contribution is -2.46. The molecule has 0 radical (unpaired) electrons. The SMILES string of the molecule is CC(C)(C)Oc1cccc(C(=O)NCC2CCN(C(=O)CNS(=O)(=O)C3CC3)CC2)c1. The molecule has 1 heterocycles. The van der Waals surface area contributed by atoms with Crippen molar-refractivity contribution in [2.24, 2.45) is 5.92 Å². The summed E-state index contributed by atoms with van der Waals surface area (Å²) in [4.78, 5) is 26.5. The maximum Gasteiger partial charge on any atom is 0.251 e. The minimum Gasteiger partial charge on any atom is -0.488 e. The van der Waals surface area contributed by atoms with E-state index in [0.29, 0.717) is 43.8 Å². The molecule has 9 heteroatoms. The smallest absolute Gasteiger partial charge is 0.251 e. The van der Waals surface area contributed by atoms with E-state index in [-0.39, 0.29) is 35.1 Å². The average molecular weight is 452 g/mol. The van der Waals surface area contributed by atoms with Gasteiger partial charge in [0.25, 0.3) is 5.91 Å². The monoisotopic (exact) mass is 451 g/mol. The first kappa shape index (κ1) is 23.5. The van der Waals surface area contributed by atoms with Crippen LogP contribution in [0.3, 0.4) is 0 Å². The summed E-state index contributed by atoms with van der Waals surface area (Å²) in [5.74, 6) is 0.601. The molecule has 1 saturated heterocycles. The number of ether oxygens (including phenoxy) is 1. The number of hydrogen-bond acceptors (Lipinski definition) is 5. The molecule has 2 aliphatic rings. The normalized spacial score (nSPS) is 18.0. The fourth-order valence-corrected chi connectivity index (χ4v) is 4.87. The molecule has 8 nitrogen and oxygen atoms in total. The molecule has 2 amide bonds. The van der Waals surface area contributed by atoms with E-state index in [9.17, 15) is 18.0 Å². The van der Waals surface area contributed by atoms with E-state index in [2.05, 4.69) is 10.0 Å². The standard InChI is InChI=1S/C22H33N3O5S/c1-22(2,3)30-18-6-4-5-17(13-18)21(27)23-14-16-9-11-25(12-10-16)20(26)15-24-31(28,29)19-7-8-19/h4-6,13,16,19,24H,7-12,14-15H2,1-3H3,(H,23,27). The Bertz CT molecular complexity index is 898. The first-order chi connectivity index (χ1) is 14.5. The van der Waals surface area contributed by atoms with Crippen molar-refractivity contribution in [3.8, 4) is 5.75 Å². The number of nitrogens with zero attached hydrogens (tertiary/aromatic N) is 1. The molecule has 0 bridgehead atoms. The summed E-state index contributed by atoms with van der Waals surface area (Å²) >= 11 is 0. The molecule has 0 spiro atoms. The van der Waals surface area contributed by atoms with Crippen LogP contribution >= 0.6 is 0 Å². The van der Waals surface area contributed by atoms with Gasteiger partial charge >= 0.3 is 0 Å². The summed E-state index contributed by atoms with van der Waals surface area (Å²) in [6.07, 6.45) is 2.90. The first-order valence-corrected chi connectivity index (χ1v) is 12.4. The fraction of sp³-hybridized carbons (Fsp3) is 0.636. The number of amides is 2. The van der Waals surface area contributed by atoms with Gasteiger partial charge in [0.15, 0.2) is 0 Å². The third-order valence-corrected chi connectivity index (χ3v) is 7.32. The van der Waals surface area contributed by atoms with Crippen LogP contribution in [0.5, 0.6) is 5.75 Å². The highest BCUT2D eigenvalue weighted by Gasteiger charge is 2.36. The Labute approximate surface area is 184 Å². The van der Waals surface area contributed by atoms with Gasteiger partial charge < -0.3 is 15.0 Å². The van der Waals surface area contributed by atoms with E-state index in [1.807, 2.05) is 26.8 Å². The summed E-state index contributed by atoms with van der Waals surface area (Å²) < 4.78 is 32.0. The molecule has 3 rings (SSSR count). The number of nitrogens with one attached hydrogen (secondary N) is 2. The number of benzene rings is 1. The van der Waals surface area contributed by atoms with Crippen LogP contribution in [-0.4, -0.2) is 62.2 Å². The lowest BCUT2D eigenvalue weighted by atomic mass is 9.96. The zero-order valence-corrected chi connectivity index (χ0v) is 19.3. The molecule has 0 unspecified atom stereocenters. The van der Waals surface area contributed by atoms with Crippen LogP contribution in [-0.2, 0) is 14.8 Å². The van der Waals surface area contributed by atoms with Crippen LogP contribution in [0.4, 0.5) is 0 Å². The number of sulfonamides is 1. The van der Waals surface area contributed by atoms with Crippen LogP contribution in [0.15, 0.2) is 24.3 Å². The highest BCUT2D eigenvalue weighted by molar-refractivity contribution is 7.90. The quantitative estimate of drug-likeness (QED) is 0.628. The summed E-state index contributed by atoms with van der Waals surface area (Å²) in [7, 11) is -3.34. The maximum atomic E-state index is 12.5. The van der Waals surface area contributed by atoms with Gasteiger partial charge in [0.1, 0.15) is 11.4 Å². The highest BCUT2D eigenvalue weighted by Crippen LogP contribution is 2.27. The second kappa shape index (κ2) is 9.56. The van der Waals surface area contributed by atoms with Crippen molar-refractivity contribution in [1.82, 2.24) is 14.9 Å². The van der Waals surface area contributed by atoms with Crippen LogP contribution in [0.2, 0.25) is 0 Å². The van der Waals surface area contributed by atoms with Crippen molar-refractivity contribution < 1.29 is 22.7 Å². The van der Waals surface area contributed by atoms with Gasteiger partial charge in [0, 0.05) is 25.2 Å². The van der Waals surface area contributed by atoms with E-state index in [1.54, 1.807) is 23.1 Å². The van der Waals surface area contributed by atoms with Crippen molar-refractivity contribution in [1.29, 1.82) is 0 Å². The number of carbonyl (C=O) groups excluding carboxylic acids is 2. The largest absolute Gasteiger partial charge is 0.488 e. The van der Waals surface area contributed by atoms with Gasteiger partial charge in [0.2, 0.25) is 15.9 Å². The minimum atomic E-state index is -3.34. The Kier molecular flexibility index (Phi) is 7.26. The second-order valence-corrected chi connectivity index (χ2v) is 11.4. The summed E-state index contributed by atoms with van der Waals surface area (Å²) in [6.45, 7) is 7.38. The van der Waals surface area contributed by atoms with E-state index >= 15 is 0 Å². The van der Waals surface area contributed by atoms with Gasteiger partial charge in [0.05, 0.1) is 11.8 Å². The highest BCUT2D eigenvalue weighted by atomic mass is 32.2. The molecule has 2 fully saturated rings. The zero-order valence-electron chi connectivity index (χ0n) is 18.5. The third kappa shape index (κ3) is 7.21. The molecule has 31 heavy (non-hydrogen) atoms. The molecular weight excluding hydrogens is 418 g/mol. The van der Waals surface area contributed by atoms with Crippen molar-refractivity contribution in [2.45, 2.75) is 57.3 Å². The van der Waals surface area contributed by atoms with E-state index in [1.165, 1.54) is 0 Å². The molecule has 1 saturated carbocycles. The molecule has 2 N–H and O–H groups in total. The van der Waals surface area contributed by atoms with E-state index < -0.39 is 10.0 Å². The minimum absolute atomic E-state index is 0.146. The maximum absolute atomic E-state index is 12.5. The predicted octanol–water partition coefficient (Wildman–Crippen LogP) is 1.91. The van der Waals surface area contributed by atoms with Gasteiger partial charge in [-0.3, -0.25) is 9.59 Å². The first-order valence-electron chi connectivity index (χ1n) is 10.9. The van der Waals surface area contributed by atoms with Gasteiger partial charge in [-0.25, -0.2) is 13.1 Å². The lowest BCUT2D eigenvalue weighted by Gasteiger charge is -2.32. The Morgan fingerprint density at radius 2 is 1.81 bits per heavy atom. The number of carbonyl (C=O) groups is 2. The van der Waals surface area contributed by atoms with Gasteiger partial charge in [-0.2, -0.15) is 0 Å². The summed E-state index contributed by atoms with van der Waals surface area (Å²) in [6, 6.07) is 7.14. The van der Waals surface area contributed by atoms with Crippen molar-refractivity contribution >= 4 is 21.8 Å². The number of piperidine rings is 1. The van der Waals surface area contributed by atoms with Crippen LogP contribution in [0.25, 0.3) is 0 Å². The van der Waals surface area contributed by atoms with Crippen molar-refractivity contribution in [2.75, 3.05) is 26.2 Å². The lowest BCUT2D eigenvalue weighted by molar-refractivity contribution is -0.131. The number of rotatable bonds is 8. The Balaban J connectivity index is 1.40. The third-order valence-electron chi connectivity index (χ3n) is 5.43. The van der Waals surface area contributed by atoms with Crippen LogP contribution < -0.4 is 14.8 Å². The molecule has 1 aliphatic heterocycles. The molecule has 1 aliphatic carbocycles. The molecule has 1 aromatic rings. The van der Waals surface area contributed by atoms with Crippen molar-refractivity contribution in [3.63, 3.8) is 0 Å². The second-order valence-electron chi connectivity index (χ2n) is 9.34. The van der Waals surface area contributed by atoms with Crippen LogP contribution in [0, 0.1) is 5.92 Å². The summed E-state index contributed by atoms with van der Waals surface area (Å²) in [5.41, 5.74) is 0.218. The molecule has 172 valence electrons. The van der Waals surface area contributed by atoms with Gasteiger partial charge in [-0.15, -0.1) is 0 Å². The number of likely N-dealkylation sites (tertiary alicyclic amines) is 1. The summed E-state index contributed by atoms with van der Waals surface area (Å²) in [5, 5.41) is 2.65. The van der Waals surface area contributed by atoms with Gasteiger partial charge in [-0.1, -0.05) is 6.07 Å². The molecule has 1 aromatic carbocycles.